The smallest absolute Gasteiger partial charge is 0.279 e. The van der Waals surface area contributed by atoms with E-state index in [2.05, 4.69) is 25.3 Å². The van der Waals surface area contributed by atoms with Gasteiger partial charge in [0.1, 0.15) is 5.75 Å². The summed E-state index contributed by atoms with van der Waals surface area (Å²) in [6.45, 7) is 6.10. The number of ether oxygens (including phenoxy) is 3. The van der Waals surface area contributed by atoms with E-state index in [9.17, 15) is 13.2 Å². The zero-order valence-electron chi connectivity index (χ0n) is 22.2. The molecular formula is C28H29N5O6S. The average Bonchev–Trinajstić information content (AvgIpc) is 3.64. The van der Waals surface area contributed by atoms with E-state index < -0.39 is 22.0 Å². The van der Waals surface area contributed by atoms with E-state index in [0.717, 1.165) is 23.1 Å². The second kappa shape index (κ2) is 11.3. The number of carbonyl (C=O) groups excluding carboxylic acids is 1. The minimum Gasteiger partial charge on any atom is -0.475 e. The van der Waals surface area contributed by atoms with Gasteiger partial charge in [-0.05, 0) is 76.4 Å². The number of aromatic amines is 1. The molecule has 0 aliphatic carbocycles. The van der Waals surface area contributed by atoms with Crippen molar-refractivity contribution in [3.63, 3.8) is 0 Å². The fraction of sp³-hybridized carbons (Fsp3) is 0.286. The first-order valence-corrected chi connectivity index (χ1v) is 14.3. The van der Waals surface area contributed by atoms with Crippen molar-refractivity contribution in [2.45, 2.75) is 50.5 Å². The van der Waals surface area contributed by atoms with E-state index in [0.29, 0.717) is 35.1 Å². The maximum Gasteiger partial charge on any atom is 0.279 e. The zero-order chi connectivity index (χ0) is 28.3. The molecule has 1 amide bonds. The van der Waals surface area contributed by atoms with Crippen molar-refractivity contribution in [3.05, 3.63) is 77.4 Å². The SMILES string of the molecule is CCCc1cc(-c2nnn[nH]2)ccc1OC(C(=O)NS(=O)(=O)c1ccc(C(C)C)cc1)c1ccc2c(c1)OCO2. The van der Waals surface area contributed by atoms with Crippen LogP contribution in [0.1, 0.15) is 55.9 Å². The molecule has 1 aliphatic rings. The summed E-state index contributed by atoms with van der Waals surface area (Å²) >= 11 is 0. The Labute approximate surface area is 231 Å². The highest BCUT2D eigenvalue weighted by molar-refractivity contribution is 7.90. The summed E-state index contributed by atoms with van der Waals surface area (Å²) in [6, 6.07) is 16.7. The van der Waals surface area contributed by atoms with Crippen LogP contribution in [0, 0.1) is 0 Å². The molecule has 1 unspecified atom stereocenters. The zero-order valence-corrected chi connectivity index (χ0v) is 23.1. The number of hydrogen-bond donors (Lipinski definition) is 2. The molecule has 208 valence electrons. The number of sulfonamides is 1. The number of aromatic nitrogens is 4. The Morgan fingerprint density at radius 3 is 2.48 bits per heavy atom. The largest absolute Gasteiger partial charge is 0.475 e. The number of H-pyrrole nitrogens is 1. The fourth-order valence-electron chi connectivity index (χ4n) is 4.34. The summed E-state index contributed by atoms with van der Waals surface area (Å²) in [6.07, 6.45) is 0.129. The summed E-state index contributed by atoms with van der Waals surface area (Å²) in [7, 11) is -4.18. The Morgan fingerprint density at radius 2 is 1.77 bits per heavy atom. The number of benzene rings is 3. The third kappa shape index (κ3) is 5.76. The minimum atomic E-state index is -4.18. The first-order valence-electron chi connectivity index (χ1n) is 12.8. The van der Waals surface area contributed by atoms with E-state index in [1.54, 1.807) is 42.5 Å². The highest BCUT2D eigenvalue weighted by Gasteiger charge is 2.30. The molecule has 5 rings (SSSR count). The molecule has 0 saturated heterocycles. The van der Waals surface area contributed by atoms with Crippen molar-refractivity contribution in [2.24, 2.45) is 0 Å². The third-order valence-electron chi connectivity index (χ3n) is 6.47. The Hall–Kier alpha value is -4.45. The van der Waals surface area contributed by atoms with Gasteiger partial charge in [-0.15, -0.1) is 5.10 Å². The molecule has 11 nitrogen and oxygen atoms in total. The van der Waals surface area contributed by atoms with Gasteiger partial charge >= 0.3 is 0 Å². The molecule has 1 aromatic heterocycles. The summed E-state index contributed by atoms with van der Waals surface area (Å²) in [5.41, 5.74) is 2.94. The number of hydrogen-bond acceptors (Lipinski definition) is 9. The van der Waals surface area contributed by atoms with Crippen molar-refractivity contribution in [1.82, 2.24) is 25.3 Å². The minimum absolute atomic E-state index is 0.0219. The van der Waals surface area contributed by atoms with Crippen molar-refractivity contribution in [3.8, 4) is 28.6 Å². The summed E-state index contributed by atoms with van der Waals surface area (Å²) < 4.78 is 45.7. The second-order valence-corrected chi connectivity index (χ2v) is 11.3. The van der Waals surface area contributed by atoms with Crippen LogP contribution >= 0.6 is 0 Å². The maximum absolute atomic E-state index is 13.6. The van der Waals surface area contributed by atoms with E-state index in [1.807, 2.05) is 26.8 Å². The molecule has 40 heavy (non-hydrogen) atoms. The van der Waals surface area contributed by atoms with Crippen LogP contribution in [-0.2, 0) is 21.2 Å². The number of aryl methyl sites for hydroxylation is 1. The second-order valence-electron chi connectivity index (χ2n) is 9.63. The predicted octanol–water partition coefficient (Wildman–Crippen LogP) is 4.30. The number of rotatable bonds is 10. The molecule has 4 aromatic rings. The first kappa shape index (κ1) is 27.1. The van der Waals surface area contributed by atoms with Gasteiger partial charge in [0.25, 0.3) is 15.9 Å². The van der Waals surface area contributed by atoms with Gasteiger partial charge in [0.05, 0.1) is 4.90 Å². The monoisotopic (exact) mass is 563 g/mol. The molecule has 1 atom stereocenters. The number of tetrazole rings is 1. The topological polar surface area (TPSA) is 145 Å². The number of carbonyl (C=O) groups is 1. The number of amides is 1. The van der Waals surface area contributed by atoms with Crippen LogP contribution in [0.25, 0.3) is 11.4 Å². The van der Waals surface area contributed by atoms with E-state index in [1.165, 1.54) is 12.1 Å². The van der Waals surface area contributed by atoms with Crippen LogP contribution in [0.3, 0.4) is 0 Å². The molecule has 3 aromatic carbocycles. The molecule has 0 fully saturated rings. The maximum atomic E-state index is 13.6. The van der Waals surface area contributed by atoms with Crippen LogP contribution < -0.4 is 18.9 Å². The van der Waals surface area contributed by atoms with Gasteiger partial charge in [0, 0.05) is 11.1 Å². The van der Waals surface area contributed by atoms with Crippen LogP contribution in [0.2, 0.25) is 0 Å². The van der Waals surface area contributed by atoms with Gasteiger partial charge in [-0.3, -0.25) is 4.79 Å². The van der Waals surface area contributed by atoms with Crippen LogP contribution in [0.15, 0.2) is 65.6 Å². The standard InChI is InChI=1S/C28H29N5O6S/c1-4-5-19-14-21(27-29-32-33-30-27)9-12-23(19)39-26(20-8-13-24-25(15-20)38-16-37-24)28(34)31-40(35,36)22-10-6-18(7-11-22)17(2)3/h6-15,17,26H,4-5,16H2,1-3H3,(H,31,34)(H,29,30,32,33). The molecule has 12 heteroatoms. The van der Waals surface area contributed by atoms with Crippen LogP contribution in [-0.4, -0.2) is 41.7 Å². The predicted molar refractivity (Wildman–Crippen MR) is 145 cm³/mol. The van der Waals surface area contributed by atoms with Crippen molar-refractivity contribution in [1.29, 1.82) is 0 Å². The van der Waals surface area contributed by atoms with Crippen molar-refractivity contribution < 1.29 is 27.4 Å². The van der Waals surface area contributed by atoms with Gasteiger partial charge in [-0.25, -0.2) is 18.2 Å². The fourth-order valence-corrected chi connectivity index (χ4v) is 5.32. The first-order chi connectivity index (χ1) is 19.2. The van der Waals surface area contributed by atoms with E-state index >= 15 is 0 Å². The Morgan fingerprint density at radius 1 is 1.02 bits per heavy atom. The molecule has 1 aliphatic heterocycles. The normalized spacial score (nSPS) is 13.3. The molecule has 0 saturated carbocycles. The van der Waals surface area contributed by atoms with Gasteiger partial charge in [0.2, 0.25) is 12.9 Å². The molecule has 0 radical (unpaired) electrons. The molecule has 0 bridgehead atoms. The molecule has 2 heterocycles. The Balaban J connectivity index is 1.48. The summed E-state index contributed by atoms with van der Waals surface area (Å²) in [4.78, 5) is 13.6. The van der Waals surface area contributed by atoms with Crippen LogP contribution in [0.5, 0.6) is 17.2 Å². The number of nitrogens with zero attached hydrogens (tertiary/aromatic N) is 3. The molecular weight excluding hydrogens is 534 g/mol. The molecule has 2 N–H and O–H groups in total. The summed E-state index contributed by atoms with van der Waals surface area (Å²) in [5, 5.41) is 13.9. The van der Waals surface area contributed by atoms with Crippen LogP contribution in [0.4, 0.5) is 0 Å². The van der Waals surface area contributed by atoms with Gasteiger partial charge in [0.15, 0.2) is 17.3 Å². The molecule has 0 spiro atoms. The van der Waals surface area contributed by atoms with Gasteiger partial charge in [-0.1, -0.05) is 45.4 Å². The summed E-state index contributed by atoms with van der Waals surface area (Å²) in [5.74, 6) is 1.26. The van der Waals surface area contributed by atoms with Crippen molar-refractivity contribution in [2.75, 3.05) is 6.79 Å². The highest BCUT2D eigenvalue weighted by atomic mass is 32.2. The Kier molecular flexibility index (Phi) is 7.69. The quantitative estimate of drug-likeness (QED) is 0.288. The number of fused-ring (bicyclic) bond motifs is 1. The lowest BCUT2D eigenvalue weighted by Gasteiger charge is -2.21. The van der Waals surface area contributed by atoms with E-state index in [4.69, 9.17) is 14.2 Å². The average molecular weight is 564 g/mol. The number of nitrogens with one attached hydrogen (secondary N) is 2. The lowest BCUT2D eigenvalue weighted by Crippen LogP contribution is -2.37. The van der Waals surface area contributed by atoms with Gasteiger partial charge in [-0.2, -0.15) is 0 Å². The van der Waals surface area contributed by atoms with Gasteiger partial charge < -0.3 is 14.2 Å². The van der Waals surface area contributed by atoms with Crippen molar-refractivity contribution >= 4 is 15.9 Å². The lowest BCUT2D eigenvalue weighted by atomic mass is 10.0. The Bertz CT molecular complexity index is 1600. The van der Waals surface area contributed by atoms with E-state index in [-0.39, 0.29) is 17.6 Å². The highest BCUT2D eigenvalue weighted by Crippen LogP contribution is 2.37. The lowest BCUT2D eigenvalue weighted by molar-refractivity contribution is -0.126. The third-order valence-corrected chi connectivity index (χ3v) is 7.84.